The van der Waals surface area contributed by atoms with Gasteiger partial charge in [-0.1, -0.05) is 5.16 Å². The van der Waals surface area contributed by atoms with Crippen LogP contribution in [0.2, 0.25) is 0 Å². The molecule has 3 aromatic rings. The van der Waals surface area contributed by atoms with Crippen LogP contribution in [0.25, 0.3) is 17.1 Å². The number of nitrogen functional groups attached to an aromatic ring is 1. The molecule has 0 radical (unpaired) electrons. The summed E-state index contributed by atoms with van der Waals surface area (Å²) in [5, 5.41) is 8.50. The zero-order valence-electron chi connectivity index (χ0n) is 15.4. The van der Waals surface area contributed by atoms with E-state index in [4.69, 9.17) is 10.3 Å². The van der Waals surface area contributed by atoms with Gasteiger partial charge >= 0.3 is 0 Å². The van der Waals surface area contributed by atoms with Crippen LogP contribution in [0.3, 0.4) is 0 Å². The smallest absolute Gasteiger partial charge is 0.231 e. The number of carbonyl (C=O) groups is 1. The normalized spacial score (nSPS) is 17.3. The third kappa shape index (κ3) is 3.42. The Bertz CT molecular complexity index is 959. The van der Waals surface area contributed by atoms with Crippen molar-refractivity contribution in [3.8, 4) is 17.1 Å². The van der Waals surface area contributed by atoms with Crippen molar-refractivity contribution in [3.63, 3.8) is 0 Å². The lowest BCUT2D eigenvalue weighted by atomic mass is 9.98. The quantitative estimate of drug-likeness (QED) is 0.764. The van der Waals surface area contributed by atoms with E-state index in [-0.39, 0.29) is 11.8 Å². The Labute approximate surface area is 157 Å². The van der Waals surface area contributed by atoms with E-state index < -0.39 is 0 Å². The SMILES string of the molecule is CC(=O)N1CCC[C@@H](c2nc(-c3ccc(-n4nc(C)cc4N)cc3)no2)C1. The summed E-state index contributed by atoms with van der Waals surface area (Å²) in [6.45, 7) is 4.93. The van der Waals surface area contributed by atoms with Crippen LogP contribution in [0, 0.1) is 6.92 Å². The van der Waals surface area contributed by atoms with E-state index in [1.807, 2.05) is 42.2 Å². The highest BCUT2D eigenvalue weighted by Crippen LogP contribution is 2.28. The van der Waals surface area contributed by atoms with Gasteiger partial charge in [0.2, 0.25) is 17.6 Å². The second-order valence-electron chi connectivity index (χ2n) is 6.93. The predicted molar refractivity (Wildman–Crippen MR) is 100 cm³/mol. The van der Waals surface area contributed by atoms with Gasteiger partial charge in [-0.2, -0.15) is 10.1 Å². The van der Waals surface area contributed by atoms with E-state index in [1.54, 1.807) is 11.6 Å². The molecule has 0 saturated carbocycles. The summed E-state index contributed by atoms with van der Waals surface area (Å²) in [6, 6.07) is 9.51. The van der Waals surface area contributed by atoms with Crippen molar-refractivity contribution < 1.29 is 9.32 Å². The van der Waals surface area contributed by atoms with Gasteiger partial charge in [-0.15, -0.1) is 0 Å². The van der Waals surface area contributed by atoms with E-state index in [9.17, 15) is 4.79 Å². The van der Waals surface area contributed by atoms with Crippen molar-refractivity contribution in [2.75, 3.05) is 18.8 Å². The van der Waals surface area contributed by atoms with Gasteiger partial charge < -0.3 is 15.2 Å². The molecule has 2 N–H and O–H groups in total. The fourth-order valence-corrected chi connectivity index (χ4v) is 3.46. The molecule has 1 atom stereocenters. The Hall–Kier alpha value is -3.16. The van der Waals surface area contributed by atoms with Gasteiger partial charge in [-0.25, -0.2) is 4.68 Å². The van der Waals surface area contributed by atoms with Crippen molar-refractivity contribution in [3.05, 3.63) is 41.9 Å². The first kappa shape index (κ1) is 17.3. The first-order chi connectivity index (χ1) is 13.0. The van der Waals surface area contributed by atoms with E-state index >= 15 is 0 Å². The van der Waals surface area contributed by atoms with Crippen LogP contribution in [0.1, 0.15) is 37.3 Å². The highest BCUT2D eigenvalue weighted by molar-refractivity contribution is 5.73. The van der Waals surface area contributed by atoms with Gasteiger partial charge in [-0.3, -0.25) is 4.79 Å². The van der Waals surface area contributed by atoms with Crippen molar-refractivity contribution in [2.45, 2.75) is 32.6 Å². The molecular formula is C19H22N6O2. The summed E-state index contributed by atoms with van der Waals surface area (Å²) < 4.78 is 7.18. The van der Waals surface area contributed by atoms with Crippen LogP contribution in [0.5, 0.6) is 0 Å². The second kappa shape index (κ2) is 6.86. The Morgan fingerprint density at radius 1 is 1.30 bits per heavy atom. The molecule has 0 aliphatic carbocycles. The maximum atomic E-state index is 11.6. The Kier molecular flexibility index (Phi) is 4.39. The Balaban J connectivity index is 1.53. The fourth-order valence-electron chi connectivity index (χ4n) is 3.46. The molecule has 2 aromatic heterocycles. The first-order valence-corrected chi connectivity index (χ1v) is 9.03. The van der Waals surface area contributed by atoms with E-state index in [1.165, 1.54) is 0 Å². The van der Waals surface area contributed by atoms with Gasteiger partial charge in [0, 0.05) is 31.6 Å². The lowest BCUT2D eigenvalue weighted by Gasteiger charge is -2.29. The van der Waals surface area contributed by atoms with Gasteiger partial charge in [0.1, 0.15) is 5.82 Å². The van der Waals surface area contributed by atoms with Crippen molar-refractivity contribution in [1.82, 2.24) is 24.8 Å². The molecule has 0 bridgehead atoms. The number of aryl methyl sites for hydroxylation is 1. The number of hydrogen-bond donors (Lipinski definition) is 1. The minimum atomic E-state index is 0.0863. The maximum Gasteiger partial charge on any atom is 0.231 e. The lowest BCUT2D eigenvalue weighted by Crippen LogP contribution is -2.37. The lowest BCUT2D eigenvalue weighted by molar-refractivity contribution is -0.130. The minimum Gasteiger partial charge on any atom is -0.384 e. The van der Waals surface area contributed by atoms with E-state index in [0.717, 1.165) is 36.3 Å². The number of hydrogen-bond acceptors (Lipinski definition) is 6. The predicted octanol–water partition coefficient (Wildman–Crippen LogP) is 2.54. The molecule has 0 unspecified atom stereocenters. The molecule has 1 aliphatic rings. The minimum absolute atomic E-state index is 0.0863. The summed E-state index contributed by atoms with van der Waals surface area (Å²) in [5.74, 6) is 1.90. The number of piperidine rings is 1. The fraction of sp³-hybridized carbons (Fsp3) is 0.368. The highest BCUT2D eigenvalue weighted by atomic mass is 16.5. The topological polar surface area (TPSA) is 103 Å². The number of anilines is 1. The molecule has 1 aromatic carbocycles. The number of benzene rings is 1. The molecule has 0 spiro atoms. The molecule has 1 aliphatic heterocycles. The molecule has 27 heavy (non-hydrogen) atoms. The third-order valence-electron chi connectivity index (χ3n) is 4.89. The standard InChI is InChI=1S/C19H22N6O2/c1-12-10-17(20)25(22-12)16-7-5-14(6-8-16)18-21-19(27-23-18)15-4-3-9-24(11-15)13(2)26/h5-8,10,15H,3-4,9,11,20H2,1-2H3/t15-/m1/s1. The number of nitrogens with zero attached hydrogens (tertiary/aromatic N) is 5. The second-order valence-corrected chi connectivity index (χ2v) is 6.93. The number of aromatic nitrogens is 4. The van der Waals surface area contributed by atoms with Crippen molar-refractivity contribution in [2.24, 2.45) is 0 Å². The Morgan fingerprint density at radius 3 is 2.74 bits per heavy atom. The number of likely N-dealkylation sites (tertiary alicyclic amines) is 1. The van der Waals surface area contributed by atoms with Crippen LogP contribution >= 0.6 is 0 Å². The van der Waals surface area contributed by atoms with Crippen LogP contribution in [0.15, 0.2) is 34.9 Å². The number of carbonyl (C=O) groups excluding carboxylic acids is 1. The highest BCUT2D eigenvalue weighted by Gasteiger charge is 2.27. The molecule has 4 rings (SSSR count). The average Bonchev–Trinajstić information content (AvgIpc) is 3.28. The summed E-state index contributed by atoms with van der Waals surface area (Å²) >= 11 is 0. The van der Waals surface area contributed by atoms with Crippen molar-refractivity contribution in [1.29, 1.82) is 0 Å². The number of amides is 1. The molecule has 8 nitrogen and oxygen atoms in total. The first-order valence-electron chi connectivity index (χ1n) is 9.03. The van der Waals surface area contributed by atoms with E-state index in [0.29, 0.717) is 24.1 Å². The maximum absolute atomic E-state index is 11.6. The molecular weight excluding hydrogens is 344 g/mol. The molecule has 8 heteroatoms. The summed E-state index contributed by atoms with van der Waals surface area (Å²) in [5.41, 5.74) is 8.57. The van der Waals surface area contributed by atoms with Gasteiger partial charge in [0.25, 0.3) is 0 Å². The molecule has 1 amide bonds. The largest absolute Gasteiger partial charge is 0.384 e. The summed E-state index contributed by atoms with van der Waals surface area (Å²) in [7, 11) is 0. The molecule has 3 heterocycles. The van der Waals surface area contributed by atoms with Gasteiger partial charge in [-0.05, 0) is 44.0 Å². The molecule has 1 fully saturated rings. The van der Waals surface area contributed by atoms with Crippen LogP contribution < -0.4 is 5.73 Å². The van der Waals surface area contributed by atoms with Crippen LogP contribution in [-0.4, -0.2) is 43.8 Å². The number of nitrogens with two attached hydrogens (primary N) is 1. The zero-order valence-corrected chi connectivity index (χ0v) is 15.4. The summed E-state index contributed by atoms with van der Waals surface area (Å²) in [4.78, 5) is 18.0. The summed E-state index contributed by atoms with van der Waals surface area (Å²) in [6.07, 6.45) is 1.89. The van der Waals surface area contributed by atoms with Crippen LogP contribution in [0.4, 0.5) is 5.82 Å². The Morgan fingerprint density at radius 2 is 2.07 bits per heavy atom. The monoisotopic (exact) mass is 366 g/mol. The number of rotatable bonds is 3. The molecule has 140 valence electrons. The van der Waals surface area contributed by atoms with Crippen molar-refractivity contribution >= 4 is 11.7 Å². The molecule has 1 saturated heterocycles. The van der Waals surface area contributed by atoms with Crippen LogP contribution in [-0.2, 0) is 4.79 Å². The van der Waals surface area contributed by atoms with Gasteiger partial charge in [0.05, 0.1) is 17.3 Å². The van der Waals surface area contributed by atoms with Gasteiger partial charge in [0.15, 0.2) is 0 Å². The van der Waals surface area contributed by atoms with E-state index in [2.05, 4.69) is 15.2 Å². The third-order valence-corrected chi connectivity index (χ3v) is 4.89. The average molecular weight is 366 g/mol. The zero-order chi connectivity index (χ0) is 19.0.